The van der Waals surface area contributed by atoms with E-state index in [2.05, 4.69) is 5.32 Å². The molecule has 6 heteroatoms. The van der Waals surface area contributed by atoms with Gasteiger partial charge >= 0.3 is 12.0 Å². The van der Waals surface area contributed by atoms with Crippen molar-refractivity contribution < 1.29 is 19.4 Å². The molecule has 2 N–H and O–H groups in total. The number of hydrogen-bond donors (Lipinski definition) is 2. The Morgan fingerprint density at radius 2 is 2.15 bits per heavy atom. The number of amides is 2. The summed E-state index contributed by atoms with van der Waals surface area (Å²) in [4.78, 5) is 26.4. The van der Waals surface area contributed by atoms with Crippen LogP contribution in [0.2, 0.25) is 0 Å². The summed E-state index contributed by atoms with van der Waals surface area (Å²) >= 11 is 0. The van der Waals surface area contributed by atoms with Gasteiger partial charge in [0.1, 0.15) is 5.75 Å². The normalized spacial score (nSPS) is 29.8. The fraction of sp³-hybridized carbons (Fsp3) is 0.600. The van der Waals surface area contributed by atoms with Crippen LogP contribution in [-0.4, -0.2) is 42.2 Å². The van der Waals surface area contributed by atoms with Crippen molar-refractivity contribution in [2.24, 2.45) is 11.3 Å². The van der Waals surface area contributed by atoms with Crippen LogP contribution >= 0.6 is 0 Å². The highest BCUT2D eigenvalue weighted by Gasteiger charge is 2.55. The Bertz CT molecular complexity index is 735. The number of benzene rings is 1. The molecule has 1 aromatic rings. The first-order valence-electron chi connectivity index (χ1n) is 9.49. The second-order valence-electron chi connectivity index (χ2n) is 7.89. The van der Waals surface area contributed by atoms with Crippen LogP contribution in [0.15, 0.2) is 18.2 Å². The Hall–Kier alpha value is -2.24. The molecule has 0 spiro atoms. The molecule has 26 heavy (non-hydrogen) atoms. The maximum Gasteiger partial charge on any atom is 0.317 e. The van der Waals surface area contributed by atoms with Gasteiger partial charge in [-0.15, -0.1) is 0 Å². The molecule has 0 bridgehead atoms. The summed E-state index contributed by atoms with van der Waals surface area (Å²) in [5.74, 6) is 0.186. The number of nitrogens with zero attached hydrogens (tertiary/aromatic N) is 1. The van der Waals surface area contributed by atoms with Crippen molar-refractivity contribution in [2.45, 2.75) is 44.6 Å². The average molecular weight is 358 g/mol. The number of carbonyl (C=O) groups excluding carboxylic acids is 1. The number of methoxy groups -OCH3 is 1. The summed E-state index contributed by atoms with van der Waals surface area (Å²) in [6, 6.07) is 5.87. The monoisotopic (exact) mass is 358 g/mol. The molecule has 2 aliphatic carbocycles. The van der Waals surface area contributed by atoms with Crippen molar-refractivity contribution in [3.05, 3.63) is 29.3 Å². The quantitative estimate of drug-likeness (QED) is 0.871. The lowest BCUT2D eigenvalue weighted by Crippen LogP contribution is -2.43. The van der Waals surface area contributed by atoms with Crippen molar-refractivity contribution in [2.75, 3.05) is 20.2 Å². The molecule has 1 aromatic carbocycles. The van der Waals surface area contributed by atoms with E-state index >= 15 is 0 Å². The molecule has 6 nitrogen and oxygen atoms in total. The number of rotatable bonds is 3. The van der Waals surface area contributed by atoms with Crippen molar-refractivity contribution in [3.63, 3.8) is 0 Å². The second kappa shape index (κ2) is 6.49. The number of ether oxygens (including phenoxy) is 1. The van der Waals surface area contributed by atoms with Crippen LogP contribution in [-0.2, 0) is 11.2 Å². The molecule has 1 saturated carbocycles. The Labute approximate surface area is 153 Å². The fourth-order valence-corrected chi connectivity index (χ4v) is 5.10. The molecule has 3 atom stereocenters. The van der Waals surface area contributed by atoms with Crippen LogP contribution in [0.25, 0.3) is 0 Å². The van der Waals surface area contributed by atoms with Crippen LogP contribution in [0.1, 0.15) is 49.3 Å². The molecule has 1 aliphatic heterocycles. The summed E-state index contributed by atoms with van der Waals surface area (Å²) in [6.07, 6.45) is 5.46. The lowest BCUT2D eigenvalue weighted by atomic mass is 9.81. The average Bonchev–Trinajstić information content (AvgIpc) is 3.20. The van der Waals surface area contributed by atoms with Gasteiger partial charge in [0.15, 0.2) is 0 Å². The zero-order chi connectivity index (χ0) is 18.3. The highest BCUT2D eigenvalue weighted by molar-refractivity contribution is 5.81. The number of fused-ring (bicyclic) bond motifs is 2. The number of carboxylic acids is 1. The summed E-state index contributed by atoms with van der Waals surface area (Å²) in [6.45, 7) is 0.890. The Morgan fingerprint density at radius 1 is 1.31 bits per heavy atom. The molecular formula is C20H26N2O4. The van der Waals surface area contributed by atoms with E-state index in [0.29, 0.717) is 19.5 Å². The SMILES string of the molecule is COc1ccc2c(c1)CCCC2NC(=O)N1C[C@@H]2CCC[C@@]2(C(=O)O)C1. The van der Waals surface area contributed by atoms with Crippen LogP contribution in [0.3, 0.4) is 0 Å². The number of likely N-dealkylation sites (tertiary alicyclic amines) is 1. The van der Waals surface area contributed by atoms with Crippen molar-refractivity contribution in [1.29, 1.82) is 0 Å². The number of aliphatic carboxylic acids is 1. The first-order valence-corrected chi connectivity index (χ1v) is 9.49. The van der Waals surface area contributed by atoms with Crippen molar-refractivity contribution >= 4 is 12.0 Å². The number of carbonyl (C=O) groups is 2. The molecule has 2 fully saturated rings. The minimum atomic E-state index is -0.745. The van der Waals surface area contributed by atoms with E-state index in [4.69, 9.17) is 4.74 Å². The fourth-order valence-electron chi connectivity index (χ4n) is 5.10. The van der Waals surface area contributed by atoms with Gasteiger partial charge in [0.2, 0.25) is 0 Å². The first kappa shape index (κ1) is 17.2. The third-order valence-electron chi connectivity index (χ3n) is 6.55. The van der Waals surface area contributed by atoms with E-state index in [1.54, 1.807) is 12.0 Å². The maximum absolute atomic E-state index is 12.8. The molecule has 3 aliphatic rings. The van der Waals surface area contributed by atoms with Gasteiger partial charge in [0, 0.05) is 13.1 Å². The Kier molecular flexibility index (Phi) is 4.29. The molecule has 0 radical (unpaired) electrons. The summed E-state index contributed by atoms with van der Waals surface area (Å²) < 4.78 is 5.30. The van der Waals surface area contributed by atoms with E-state index in [9.17, 15) is 14.7 Å². The third kappa shape index (κ3) is 2.72. The molecule has 4 rings (SSSR count). The third-order valence-corrected chi connectivity index (χ3v) is 6.55. The number of aryl methyl sites for hydroxylation is 1. The summed E-state index contributed by atoms with van der Waals surface area (Å²) in [5, 5.41) is 12.9. The minimum Gasteiger partial charge on any atom is -0.497 e. The standard InChI is InChI=1S/C20H26N2O4/c1-26-15-7-8-16-13(10-15)4-2-6-17(16)21-19(25)22-11-14-5-3-9-20(14,12-22)18(23)24/h7-8,10,14,17H,2-6,9,11-12H2,1H3,(H,21,25)(H,23,24)/t14-,17?,20+/m0/s1. The van der Waals surface area contributed by atoms with E-state index in [1.165, 1.54) is 5.56 Å². The lowest BCUT2D eigenvalue weighted by Gasteiger charge is -2.29. The van der Waals surface area contributed by atoms with Crippen LogP contribution < -0.4 is 10.1 Å². The number of nitrogens with one attached hydrogen (secondary N) is 1. The zero-order valence-electron chi connectivity index (χ0n) is 15.2. The van der Waals surface area contributed by atoms with E-state index in [1.807, 2.05) is 18.2 Å². The molecule has 0 aromatic heterocycles. The molecular weight excluding hydrogens is 332 g/mol. The van der Waals surface area contributed by atoms with E-state index in [0.717, 1.165) is 43.4 Å². The maximum atomic E-state index is 12.8. The van der Waals surface area contributed by atoms with Gasteiger partial charge in [-0.05, 0) is 61.3 Å². The predicted octanol–water partition coefficient (Wildman–Crippen LogP) is 2.97. The van der Waals surface area contributed by atoms with Crippen molar-refractivity contribution in [1.82, 2.24) is 10.2 Å². The Morgan fingerprint density at radius 3 is 2.88 bits per heavy atom. The predicted molar refractivity (Wildman–Crippen MR) is 96.2 cm³/mol. The summed E-state index contributed by atoms with van der Waals surface area (Å²) in [5.41, 5.74) is 1.65. The van der Waals surface area contributed by atoms with Gasteiger partial charge < -0.3 is 20.1 Å². The molecule has 1 heterocycles. The second-order valence-corrected chi connectivity index (χ2v) is 7.89. The highest BCUT2D eigenvalue weighted by atomic mass is 16.5. The topological polar surface area (TPSA) is 78.9 Å². The van der Waals surface area contributed by atoms with Gasteiger partial charge in [-0.1, -0.05) is 12.5 Å². The largest absolute Gasteiger partial charge is 0.497 e. The van der Waals surface area contributed by atoms with Crippen LogP contribution in [0.4, 0.5) is 4.79 Å². The van der Waals surface area contributed by atoms with Gasteiger partial charge in [0.25, 0.3) is 0 Å². The molecule has 140 valence electrons. The molecule has 2 amide bonds. The van der Waals surface area contributed by atoms with E-state index in [-0.39, 0.29) is 18.0 Å². The number of urea groups is 1. The van der Waals surface area contributed by atoms with E-state index < -0.39 is 11.4 Å². The number of carboxylic acid groups (broad SMARTS) is 1. The van der Waals surface area contributed by atoms with Crippen LogP contribution in [0, 0.1) is 11.3 Å². The highest BCUT2D eigenvalue weighted by Crippen LogP contribution is 2.49. The zero-order valence-corrected chi connectivity index (χ0v) is 15.2. The number of hydrogen-bond acceptors (Lipinski definition) is 3. The van der Waals surface area contributed by atoms with Gasteiger partial charge in [-0.3, -0.25) is 4.79 Å². The summed E-state index contributed by atoms with van der Waals surface area (Å²) in [7, 11) is 1.66. The van der Waals surface area contributed by atoms with Crippen molar-refractivity contribution in [3.8, 4) is 5.75 Å². The molecule has 1 unspecified atom stereocenters. The first-order chi connectivity index (χ1) is 12.5. The van der Waals surface area contributed by atoms with Gasteiger partial charge in [-0.25, -0.2) is 4.79 Å². The minimum absolute atomic E-state index is 0.0154. The lowest BCUT2D eigenvalue weighted by molar-refractivity contribution is -0.149. The Balaban J connectivity index is 1.48. The van der Waals surface area contributed by atoms with Gasteiger partial charge in [0.05, 0.1) is 18.6 Å². The van der Waals surface area contributed by atoms with Crippen LogP contribution in [0.5, 0.6) is 5.75 Å². The molecule has 1 saturated heterocycles. The van der Waals surface area contributed by atoms with Gasteiger partial charge in [-0.2, -0.15) is 0 Å². The smallest absolute Gasteiger partial charge is 0.317 e.